The molecule has 0 spiro atoms. The van der Waals surface area contributed by atoms with Gasteiger partial charge in [0.1, 0.15) is 12.1 Å². The summed E-state index contributed by atoms with van der Waals surface area (Å²) >= 11 is 0. The summed E-state index contributed by atoms with van der Waals surface area (Å²) in [5.41, 5.74) is 8.57. The molecule has 3 N–H and O–H groups in total. The Morgan fingerprint density at radius 2 is 2.21 bits per heavy atom. The van der Waals surface area contributed by atoms with Crippen LogP contribution in [0.1, 0.15) is 11.3 Å². The van der Waals surface area contributed by atoms with Gasteiger partial charge in [-0.15, -0.1) is 0 Å². The zero-order valence-corrected chi connectivity index (χ0v) is 10.5. The summed E-state index contributed by atoms with van der Waals surface area (Å²) in [5, 5.41) is 7.47. The molecule has 1 aromatic carbocycles. The van der Waals surface area contributed by atoms with Gasteiger partial charge in [0.25, 0.3) is 5.78 Å². The van der Waals surface area contributed by atoms with Gasteiger partial charge in [0.05, 0.1) is 0 Å². The first-order chi connectivity index (χ1) is 9.26. The van der Waals surface area contributed by atoms with Crippen LogP contribution >= 0.6 is 0 Å². The van der Waals surface area contributed by atoms with Crippen LogP contribution in [0.4, 0.5) is 11.5 Å². The van der Waals surface area contributed by atoms with Gasteiger partial charge >= 0.3 is 0 Å². The minimum absolute atomic E-state index is 0.517. The van der Waals surface area contributed by atoms with E-state index in [0.717, 1.165) is 22.8 Å². The Morgan fingerprint density at radius 1 is 1.32 bits per heavy atom. The van der Waals surface area contributed by atoms with Crippen LogP contribution < -0.4 is 11.1 Å². The lowest BCUT2D eigenvalue weighted by Gasteiger charge is -2.09. The van der Waals surface area contributed by atoms with Crippen molar-refractivity contribution in [2.45, 2.75) is 13.5 Å². The monoisotopic (exact) mass is 254 g/mol. The van der Waals surface area contributed by atoms with E-state index in [-0.39, 0.29) is 0 Å². The summed E-state index contributed by atoms with van der Waals surface area (Å²) in [6.07, 6.45) is 1.49. The molecule has 0 aliphatic rings. The fraction of sp³-hybridized carbons (Fsp3) is 0.154. The number of hydrogen-bond donors (Lipinski definition) is 2. The Bertz CT molecular complexity index is 718. The topological polar surface area (TPSA) is 81.1 Å². The zero-order chi connectivity index (χ0) is 13.2. The first-order valence-corrected chi connectivity index (χ1v) is 5.99. The van der Waals surface area contributed by atoms with Crippen LogP contribution in [-0.2, 0) is 6.54 Å². The normalized spacial score (nSPS) is 10.8. The third-order valence-corrected chi connectivity index (χ3v) is 2.81. The van der Waals surface area contributed by atoms with Crippen LogP contribution in [0, 0.1) is 6.92 Å². The van der Waals surface area contributed by atoms with Crippen LogP contribution in [-0.4, -0.2) is 19.6 Å². The molecule has 0 aliphatic carbocycles. The molecule has 3 rings (SSSR count). The number of fused-ring (bicyclic) bond motifs is 1. The highest BCUT2D eigenvalue weighted by Crippen LogP contribution is 2.18. The molecule has 0 saturated heterocycles. The van der Waals surface area contributed by atoms with E-state index >= 15 is 0 Å². The standard InChI is InChI=1S/C13H14N6/c1-9-5-12(19-13(17-9)15-8-16-19)18-11-4-2-3-10(6-11)7-14/h2-6,8,18H,7,14H2,1H3. The molecule has 0 unspecified atom stereocenters. The first kappa shape index (κ1) is 11.6. The zero-order valence-electron chi connectivity index (χ0n) is 10.5. The number of aromatic nitrogens is 4. The van der Waals surface area contributed by atoms with Crippen LogP contribution in [0.5, 0.6) is 0 Å². The molecular weight excluding hydrogens is 240 g/mol. The Kier molecular flexibility index (Phi) is 2.85. The maximum absolute atomic E-state index is 5.64. The van der Waals surface area contributed by atoms with Crippen LogP contribution in [0.25, 0.3) is 5.78 Å². The van der Waals surface area contributed by atoms with Crippen molar-refractivity contribution in [3.8, 4) is 0 Å². The van der Waals surface area contributed by atoms with Crippen molar-refractivity contribution in [2.75, 3.05) is 5.32 Å². The van der Waals surface area contributed by atoms with Crippen molar-refractivity contribution < 1.29 is 0 Å². The average molecular weight is 254 g/mol. The summed E-state index contributed by atoms with van der Waals surface area (Å²) in [7, 11) is 0. The van der Waals surface area contributed by atoms with Crippen molar-refractivity contribution in [3.05, 3.63) is 47.9 Å². The fourth-order valence-electron chi connectivity index (χ4n) is 1.94. The number of nitrogens with one attached hydrogen (secondary N) is 1. The summed E-state index contributed by atoms with van der Waals surface area (Å²) in [6, 6.07) is 9.89. The second-order valence-corrected chi connectivity index (χ2v) is 4.28. The smallest absolute Gasteiger partial charge is 0.254 e. The van der Waals surface area contributed by atoms with E-state index < -0.39 is 0 Å². The highest BCUT2D eigenvalue weighted by Gasteiger charge is 2.05. The number of aryl methyl sites for hydroxylation is 1. The number of nitrogens with two attached hydrogens (primary N) is 1. The van der Waals surface area contributed by atoms with E-state index in [0.29, 0.717) is 12.3 Å². The average Bonchev–Trinajstić information content (AvgIpc) is 2.87. The molecule has 2 heterocycles. The van der Waals surface area contributed by atoms with Gasteiger partial charge in [0.2, 0.25) is 0 Å². The van der Waals surface area contributed by atoms with Crippen LogP contribution in [0.2, 0.25) is 0 Å². The molecule has 19 heavy (non-hydrogen) atoms. The Balaban J connectivity index is 2.02. The van der Waals surface area contributed by atoms with Crippen LogP contribution in [0.3, 0.4) is 0 Å². The fourth-order valence-corrected chi connectivity index (χ4v) is 1.94. The van der Waals surface area contributed by atoms with Gasteiger partial charge in [-0.25, -0.2) is 4.98 Å². The van der Waals surface area contributed by atoms with Crippen molar-refractivity contribution in [1.29, 1.82) is 0 Å². The lowest BCUT2D eigenvalue weighted by molar-refractivity contribution is 0.937. The predicted molar refractivity (Wildman–Crippen MR) is 73.1 cm³/mol. The molecule has 96 valence electrons. The molecule has 0 saturated carbocycles. The first-order valence-electron chi connectivity index (χ1n) is 5.99. The molecule has 6 nitrogen and oxygen atoms in total. The number of rotatable bonds is 3. The molecule has 3 aromatic rings. The number of hydrogen-bond acceptors (Lipinski definition) is 5. The van der Waals surface area contributed by atoms with Crippen LogP contribution in [0.15, 0.2) is 36.7 Å². The molecule has 2 aromatic heterocycles. The minimum atomic E-state index is 0.517. The van der Waals surface area contributed by atoms with Gasteiger partial charge in [0, 0.05) is 24.0 Å². The quantitative estimate of drug-likeness (QED) is 0.742. The van der Waals surface area contributed by atoms with E-state index in [4.69, 9.17) is 5.73 Å². The molecule has 0 bridgehead atoms. The summed E-state index contributed by atoms with van der Waals surface area (Å²) in [4.78, 5) is 8.40. The summed E-state index contributed by atoms with van der Waals surface area (Å²) in [5.74, 6) is 1.41. The SMILES string of the molecule is Cc1cc(Nc2cccc(CN)c2)n2ncnc2n1. The number of nitrogens with zero attached hydrogens (tertiary/aromatic N) is 4. The molecule has 0 fully saturated rings. The largest absolute Gasteiger partial charge is 0.340 e. The third-order valence-electron chi connectivity index (χ3n) is 2.81. The highest BCUT2D eigenvalue weighted by molar-refractivity contribution is 5.59. The van der Waals surface area contributed by atoms with Gasteiger partial charge in [-0.3, -0.25) is 0 Å². The number of benzene rings is 1. The predicted octanol–water partition coefficient (Wildman–Crippen LogP) is 1.64. The molecule has 0 amide bonds. The van der Waals surface area contributed by atoms with Gasteiger partial charge in [0.15, 0.2) is 0 Å². The van der Waals surface area contributed by atoms with E-state index in [2.05, 4.69) is 20.4 Å². The van der Waals surface area contributed by atoms with E-state index in [1.54, 1.807) is 4.52 Å². The lowest BCUT2D eigenvalue weighted by Crippen LogP contribution is -2.03. The molecule has 0 radical (unpaired) electrons. The molecule has 6 heteroatoms. The third kappa shape index (κ3) is 2.25. The summed E-state index contributed by atoms with van der Waals surface area (Å²) < 4.78 is 1.67. The van der Waals surface area contributed by atoms with Gasteiger partial charge < -0.3 is 11.1 Å². The van der Waals surface area contributed by atoms with E-state index in [1.165, 1.54) is 6.33 Å². The second-order valence-electron chi connectivity index (χ2n) is 4.28. The Morgan fingerprint density at radius 3 is 3.05 bits per heavy atom. The van der Waals surface area contributed by atoms with Gasteiger partial charge in [-0.2, -0.15) is 14.6 Å². The molecule has 0 atom stereocenters. The summed E-state index contributed by atoms with van der Waals surface area (Å²) in [6.45, 7) is 2.44. The second kappa shape index (κ2) is 4.66. The van der Waals surface area contributed by atoms with Gasteiger partial charge in [-0.05, 0) is 24.6 Å². The Labute approximate surface area is 110 Å². The Hall–Kier alpha value is -2.47. The molecular formula is C13H14N6. The minimum Gasteiger partial charge on any atom is -0.340 e. The van der Waals surface area contributed by atoms with E-state index in [1.807, 2.05) is 37.3 Å². The van der Waals surface area contributed by atoms with E-state index in [9.17, 15) is 0 Å². The van der Waals surface area contributed by atoms with Crippen molar-refractivity contribution in [3.63, 3.8) is 0 Å². The van der Waals surface area contributed by atoms with Crippen molar-refractivity contribution in [2.24, 2.45) is 5.73 Å². The number of anilines is 2. The van der Waals surface area contributed by atoms with Crippen molar-refractivity contribution in [1.82, 2.24) is 19.6 Å². The maximum atomic E-state index is 5.64. The maximum Gasteiger partial charge on any atom is 0.254 e. The molecule has 0 aliphatic heterocycles. The highest BCUT2D eigenvalue weighted by atomic mass is 15.3. The van der Waals surface area contributed by atoms with Gasteiger partial charge in [-0.1, -0.05) is 12.1 Å². The lowest BCUT2D eigenvalue weighted by atomic mass is 10.2. The van der Waals surface area contributed by atoms with Crippen molar-refractivity contribution >= 4 is 17.3 Å².